The van der Waals surface area contributed by atoms with Crippen molar-refractivity contribution in [1.82, 2.24) is 0 Å². The molecule has 22 heavy (non-hydrogen) atoms. The molecular weight excluding hydrogens is 414 g/mol. The first-order valence-corrected chi connectivity index (χ1v) is 8.17. The lowest BCUT2D eigenvalue weighted by Crippen LogP contribution is -2.30. The number of benzene rings is 2. The van der Waals surface area contributed by atoms with Crippen molar-refractivity contribution >= 4 is 43.5 Å². The Hall–Kier alpha value is -1.53. The summed E-state index contributed by atoms with van der Waals surface area (Å²) in [6.07, 6.45) is -0.710. The highest BCUT2D eigenvalue weighted by atomic mass is 79.9. The number of anilines is 1. The molecule has 0 bridgehead atoms. The molecule has 1 unspecified atom stereocenters. The molecule has 0 aliphatic rings. The van der Waals surface area contributed by atoms with Gasteiger partial charge in [-0.05, 0) is 65.7 Å². The van der Waals surface area contributed by atoms with Crippen LogP contribution in [0.3, 0.4) is 0 Å². The first-order valence-electron chi connectivity index (χ1n) is 6.59. The fourth-order valence-corrected chi connectivity index (χ4v) is 2.94. The Morgan fingerprint density at radius 2 is 1.95 bits per heavy atom. The van der Waals surface area contributed by atoms with E-state index in [4.69, 9.17) is 4.74 Å². The van der Waals surface area contributed by atoms with E-state index in [1.807, 2.05) is 25.1 Å². The molecule has 4 nitrogen and oxygen atoms in total. The maximum atomic E-state index is 12.2. The lowest BCUT2D eigenvalue weighted by Gasteiger charge is -2.16. The highest BCUT2D eigenvalue weighted by molar-refractivity contribution is 9.11. The fourth-order valence-electron chi connectivity index (χ4n) is 1.80. The van der Waals surface area contributed by atoms with Gasteiger partial charge in [0.2, 0.25) is 0 Å². The molecule has 0 saturated carbocycles. The summed E-state index contributed by atoms with van der Waals surface area (Å²) < 4.78 is 7.30. The van der Waals surface area contributed by atoms with Crippen molar-refractivity contribution in [3.8, 4) is 11.5 Å². The van der Waals surface area contributed by atoms with Crippen LogP contribution in [0.15, 0.2) is 45.3 Å². The van der Waals surface area contributed by atoms with E-state index in [1.165, 1.54) is 0 Å². The van der Waals surface area contributed by atoms with Crippen LogP contribution in [-0.2, 0) is 4.79 Å². The molecule has 6 heteroatoms. The number of nitrogens with one attached hydrogen (secondary N) is 1. The van der Waals surface area contributed by atoms with Crippen LogP contribution in [0, 0.1) is 6.92 Å². The maximum Gasteiger partial charge on any atom is 0.265 e. The molecule has 1 amide bonds. The molecule has 2 N–H and O–H groups in total. The van der Waals surface area contributed by atoms with Crippen molar-refractivity contribution in [2.45, 2.75) is 20.0 Å². The summed E-state index contributed by atoms with van der Waals surface area (Å²) in [7, 11) is 0. The molecule has 0 aliphatic carbocycles. The van der Waals surface area contributed by atoms with Crippen LogP contribution in [-0.4, -0.2) is 17.1 Å². The Kier molecular flexibility index (Phi) is 5.47. The SMILES string of the molecule is Cc1ccc(NC(=O)C(C)Oc2ccc(Br)cc2Br)c(O)c1. The summed E-state index contributed by atoms with van der Waals surface area (Å²) in [6, 6.07) is 10.5. The van der Waals surface area contributed by atoms with Gasteiger partial charge < -0.3 is 15.2 Å². The van der Waals surface area contributed by atoms with Gasteiger partial charge in [-0.25, -0.2) is 0 Å². The summed E-state index contributed by atoms with van der Waals surface area (Å²) in [5.41, 5.74) is 1.28. The summed E-state index contributed by atoms with van der Waals surface area (Å²) >= 11 is 6.74. The number of amides is 1. The van der Waals surface area contributed by atoms with Crippen LogP contribution in [0.2, 0.25) is 0 Å². The van der Waals surface area contributed by atoms with E-state index in [-0.39, 0.29) is 11.7 Å². The lowest BCUT2D eigenvalue weighted by molar-refractivity contribution is -0.122. The first kappa shape index (κ1) is 16.8. The molecule has 0 radical (unpaired) electrons. The zero-order chi connectivity index (χ0) is 16.3. The van der Waals surface area contributed by atoms with E-state index in [2.05, 4.69) is 37.2 Å². The normalized spacial score (nSPS) is 11.8. The third kappa shape index (κ3) is 4.24. The van der Waals surface area contributed by atoms with Crippen LogP contribution >= 0.6 is 31.9 Å². The number of hydrogen-bond acceptors (Lipinski definition) is 3. The van der Waals surface area contributed by atoms with Gasteiger partial charge in [0.25, 0.3) is 5.91 Å². The van der Waals surface area contributed by atoms with Gasteiger partial charge in [0.05, 0.1) is 10.2 Å². The summed E-state index contributed by atoms with van der Waals surface area (Å²) in [4.78, 5) is 12.2. The molecule has 116 valence electrons. The number of phenols is 1. The highest BCUT2D eigenvalue weighted by Gasteiger charge is 2.17. The molecule has 0 heterocycles. The van der Waals surface area contributed by atoms with Crippen LogP contribution < -0.4 is 10.1 Å². The predicted octanol–water partition coefficient (Wildman–Crippen LogP) is 4.63. The Morgan fingerprint density at radius 1 is 1.23 bits per heavy atom. The topological polar surface area (TPSA) is 58.6 Å². The number of halogens is 2. The minimum absolute atomic E-state index is 0.0328. The molecule has 2 aromatic rings. The lowest BCUT2D eigenvalue weighted by atomic mass is 10.2. The largest absolute Gasteiger partial charge is 0.506 e. The van der Waals surface area contributed by atoms with Crippen molar-refractivity contribution in [1.29, 1.82) is 0 Å². The Labute approximate surface area is 145 Å². The number of aromatic hydroxyl groups is 1. The van der Waals surface area contributed by atoms with Gasteiger partial charge in [0.1, 0.15) is 11.5 Å². The summed E-state index contributed by atoms with van der Waals surface area (Å²) in [6.45, 7) is 3.51. The van der Waals surface area contributed by atoms with Crippen LogP contribution in [0.25, 0.3) is 0 Å². The number of phenolic OH excluding ortho intramolecular Hbond substituents is 1. The van der Waals surface area contributed by atoms with Crippen molar-refractivity contribution in [3.05, 3.63) is 50.9 Å². The van der Waals surface area contributed by atoms with Gasteiger partial charge in [-0.2, -0.15) is 0 Å². The smallest absolute Gasteiger partial charge is 0.265 e. The van der Waals surface area contributed by atoms with Crippen molar-refractivity contribution in [3.63, 3.8) is 0 Å². The van der Waals surface area contributed by atoms with Crippen LogP contribution in [0.5, 0.6) is 11.5 Å². The first-order chi connectivity index (χ1) is 10.4. The molecule has 2 aromatic carbocycles. The third-order valence-corrected chi connectivity index (χ3v) is 4.09. The van der Waals surface area contributed by atoms with Crippen molar-refractivity contribution in [2.24, 2.45) is 0 Å². The zero-order valence-electron chi connectivity index (χ0n) is 12.1. The van der Waals surface area contributed by atoms with Gasteiger partial charge >= 0.3 is 0 Å². The highest BCUT2D eigenvalue weighted by Crippen LogP contribution is 2.29. The van der Waals surface area contributed by atoms with E-state index < -0.39 is 6.10 Å². The third-order valence-electron chi connectivity index (χ3n) is 2.98. The van der Waals surface area contributed by atoms with Gasteiger partial charge in [-0.1, -0.05) is 22.0 Å². The van der Waals surface area contributed by atoms with Crippen LogP contribution in [0.4, 0.5) is 5.69 Å². The minimum atomic E-state index is -0.710. The second-order valence-electron chi connectivity index (χ2n) is 4.84. The minimum Gasteiger partial charge on any atom is -0.506 e. The number of aryl methyl sites for hydroxylation is 1. The quantitative estimate of drug-likeness (QED) is 0.697. The molecule has 1 atom stereocenters. The van der Waals surface area contributed by atoms with Crippen LogP contribution in [0.1, 0.15) is 12.5 Å². The Morgan fingerprint density at radius 3 is 2.59 bits per heavy atom. The Balaban J connectivity index is 2.05. The zero-order valence-corrected chi connectivity index (χ0v) is 15.2. The monoisotopic (exact) mass is 427 g/mol. The second-order valence-corrected chi connectivity index (χ2v) is 6.61. The number of carbonyl (C=O) groups is 1. The second kappa shape index (κ2) is 7.15. The van der Waals surface area contributed by atoms with E-state index >= 15 is 0 Å². The van der Waals surface area contributed by atoms with E-state index in [0.29, 0.717) is 11.4 Å². The van der Waals surface area contributed by atoms with Gasteiger partial charge in [-0.15, -0.1) is 0 Å². The maximum absolute atomic E-state index is 12.2. The average Bonchev–Trinajstić information content (AvgIpc) is 2.44. The molecule has 0 saturated heterocycles. The predicted molar refractivity (Wildman–Crippen MR) is 93.4 cm³/mol. The van der Waals surface area contributed by atoms with Gasteiger partial charge in [0.15, 0.2) is 6.10 Å². The fraction of sp³-hybridized carbons (Fsp3) is 0.188. The molecule has 0 fully saturated rings. The Bertz CT molecular complexity index is 704. The van der Waals surface area contributed by atoms with E-state index in [0.717, 1.165) is 14.5 Å². The average molecular weight is 429 g/mol. The van der Waals surface area contributed by atoms with Gasteiger partial charge in [0, 0.05) is 4.47 Å². The molecule has 0 aromatic heterocycles. The van der Waals surface area contributed by atoms with Crippen molar-refractivity contribution in [2.75, 3.05) is 5.32 Å². The molecule has 0 aliphatic heterocycles. The van der Waals surface area contributed by atoms with E-state index in [9.17, 15) is 9.90 Å². The van der Waals surface area contributed by atoms with Gasteiger partial charge in [-0.3, -0.25) is 4.79 Å². The molecule has 2 rings (SSSR count). The molecular formula is C16H15Br2NO3. The standard InChI is InChI=1S/C16H15Br2NO3/c1-9-3-5-13(14(20)7-9)19-16(21)10(2)22-15-6-4-11(17)8-12(15)18/h3-8,10,20H,1-2H3,(H,19,21). The van der Waals surface area contributed by atoms with E-state index in [1.54, 1.807) is 25.1 Å². The number of hydrogen-bond donors (Lipinski definition) is 2. The number of carbonyl (C=O) groups excluding carboxylic acids is 1. The van der Waals surface area contributed by atoms with Crippen molar-refractivity contribution < 1.29 is 14.6 Å². The summed E-state index contributed by atoms with van der Waals surface area (Å²) in [5, 5.41) is 12.5. The molecule has 0 spiro atoms. The number of ether oxygens (including phenoxy) is 1. The number of rotatable bonds is 4. The summed E-state index contributed by atoms with van der Waals surface area (Å²) in [5.74, 6) is 0.262.